The number of thiazole rings is 1. The van der Waals surface area contributed by atoms with Crippen molar-refractivity contribution in [3.05, 3.63) is 23.2 Å². The number of hydrogen-bond acceptors (Lipinski definition) is 5. The monoisotopic (exact) mass is 245 g/mol. The van der Waals surface area contributed by atoms with Crippen molar-refractivity contribution in [2.24, 2.45) is 0 Å². The second-order valence-electron chi connectivity index (χ2n) is 4.14. The molecule has 3 aromatic rings. The number of tetrazole rings is 1. The van der Waals surface area contributed by atoms with Gasteiger partial charge in [-0.05, 0) is 28.6 Å². The molecule has 1 N–H and O–H groups in total. The standard InChI is InChI=1S/C11H11N5S/c1-6(2)11-12-8-4-3-7(5-9(8)17-11)10-13-15-16-14-10/h3-6H,1-2H3,(H,13,14,15,16). The van der Waals surface area contributed by atoms with Crippen molar-refractivity contribution in [3.63, 3.8) is 0 Å². The Morgan fingerprint density at radius 2 is 2.18 bits per heavy atom. The second-order valence-corrected chi connectivity index (χ2v) is 5.20. The van der Waals surface area contributed by atoms with Crippen LogP contribution in [-0.2, 0) is 0 Å². The van der Waals surface area contributed by atoms with Crippen LogP contribution >= 0.6 is 11.3 Å². The zero-order valence-electron chi connectivity index (χ0n) is 9.51. The first kappa shape index (κ1) is 10.3. The fraction of sp³-hybridized carbons (Fsp3) is 0.273. The quantitative estimate of drug-likeness (QED) is 0.753. The minimum atomic E-state index is 0.461. The molecular weight excluding hydrogens is 234 g/mol. The Kier molecular flexibility index (Phi) is 2.36. The fourth-order valence-electron chi connectivity index (χ4n) is 1.62. The second kappa shape index (κ2) is 3.89. The van der Waals surface area contributed by atoms with Crippen LogP contribution in [0.4, 0.5) is 0 Å². The average molecular weight is 245 g/mol. The van der Waals surface area contributed by atoms with Gasteiger partial charge in [0.1, 0.15) is 0 Å². The van der Waals surface area contributed by atoms with Gasteiger partial charge >= 0.3 is 0 Å². The lowest BCUT2D eigenvalue weighted by Gasteiger charge is -1.94. The predicted octanol–water partition coefficient (Wildman–Crippen LogP) is 2.60. The zero-order chi connectivity index (χ0) is 11.8. The SMILES string of the molecule is CC(C)c1nc2ccc(-c3nnn[nH]3)cc2s1. The van der Waals surface area contributed by atoms with Crippen molar-refractivity contribution in [1.29, 1.82) is 0 Å². The van der Waals surface area contributed by atoms with Gasteiger partial charge in [-0.3, -0.25) is 0 Å². The van der Waals surface area contributed by atoms with Gasteiger partial charge in [0, 0.05) is 11.5 Å². The number of nitrogens with zero attached hydrogens (tertiary/aromatic N) is 4. The van der Waals surface area contributed by atoms with E-state index in [4.69, 9.17) is 0 Å². The third kappa shape index (κ3) is 1.80. The van der Waals surface area contributed by atoms with E-state index in [0.29, 0.717) is 11.7 Å². The molecule has 6 heteroatoms. The van der Waals surface area contributed by atoms with Crippen molar-refractivity contribution in [1.82, 2.24) is 25.6 Å². The Bertz CT molecular complexity index is 641. The number of hydrogen-bond donors (Lipinski definition) is 1. The molecule has 0 aliphatic rings. The maximum atomic E-state index is 4.59. The summed E-state index contributed by atoms with van der Waals surface area (Å²) >= 11 is 1.72. The van der Waals surface area contributed by atoms with E-state index in [-0.39, 0.29) is 0 Å². The first-order valence-corrected chi connectivity index (χ1v) is 6.20. The van der Waals surface area contributed by atoms with E-state index in [0.717, 1.165) is 16.1 Å². The van der Waals surface area contributed by atoms with Gasteiger partial charge in [-0.25, -0.2) is 10.1 Å². The number of benzene rings is 1. The third-order valence-corrected chi connectivity index (χ3v) is 3.84. The topological polar surface area (TPSA) is 67.3 Å². The van der Waals surface area contributed by atoms with Gasteiger partial charge in [0.25, 0.3) is 0 Å². The minimum Gasteiger partial charge on any atom is -0.241 e. The summed E-state index contributed by atoms with van der Waals surface area (Å²) in [5.74, 6) is 1.15. The zero-order valence-corrected chi connectivity index (χ0v) is 10.3. The van der Waals surface area contributed by atoms with Gasteiger partial charge in [-0.2, -0.15) is 0 Å². The molecule has 0 spiro atoms. The van der Waals surface area contributed by atoms with Gasteiger partial charge in [-0.15, -0.1) is 16.4 Å². The maximum Gasteiger partial charge on any atom is 0.179 e. The van der Waals surface area contributed by atoms with Gasteiger partial charge < -0.3 is 0 Å². The van der Waals surface area contributed by atoms with E-state index in [1.54, 1.807) is 11.3 Å². The number of H-pyrrole nitrogens is 1. The van der Waals surface area contributed by atoms with Crippen molar-refractivity contribution >= 4 is 21.6 Å². The lowest BCUT2D eigenvalue weighted by atomic mass is 10.2. The highest BCUT2D eigenvalue weighted by atomic mass is 32.1. The van der Waals surface area contributed by atoms with Gasteiger partial charge in [0.05, 0.1) is 15.2 Å². The van der Waals surface area contributed by atoms with E-state index in [1.807, 2.05) is 12.1 Å². The molecule has 0 aliphatic heterocycles. The van der Waals surface area contributed by atoms with Crippen LogP contribution in [0.1, 0.15) is 24.8 Å². The van der Waals surface area contributed by atoms with Crippen LogP contribution in [-0.4, -0.2) is 25.6 Å². The number of aromatic amines is 1. The Hall–Kier alpha value is -1.82. The Labute approximate surface area is 102 Å². The van der Waals surface area contributed by atoms with Crippen LogP contribution in [0, 0.1) is 0 Å². The molecule has 0 bridgehead atoms. The highest BCUT2D eigenvalue weighted by Gasteiger charge is 2.09. The van der Waals surface area contributed by atoms with E-state index in [9.17, 15) is 0 Å². The molecule has 5 nitrogen and oxygen atoms in total. The maximum absolute atomic E-state index is 4.59. The van der Waals surface area contributed by atoms with E-state index < -0.39 is 0 Å². The molecule has 0 saturated heterocycles. The molecular formula is C11H11N5S. The number of fused-ring (bicyclic) bond motifs is 1. The highest BCUT2D eigenvalue weighted by Crippen LogP contribution is 2.29. The van der Waals surface area contributed by atoms with Crippen LogP contribution in [0.2, 0.25) is 0 Å². The molecule has 2 aromatic heterocycles. The van der Waals surface area contributed by atoms with Crippen LogP contribution < -0.4 is 0 Å². The van der Waals surface area contributed by atoms with E-state index in [1.165, 1.54) is 4.70 Å². The van der Waals surface area contributed by atoms with Crippen LogP contribution in [0.25, 0.3) is 21.6 Å². The summed E-state index contributed by atoms with van der Waals surface area (Å²) < 4.78 is 1.17. The molecule has 1 aromatic carbocycles. The molecule has 86 valence electrons. The fourth-order valence-corrected chi connectivity index (χ4v) is 2.63. The van der Waals surface area contributed by atoms with E-state index >= 15 is 0 Å². The molecule has 2 heterocycles. The Morgan fingerprint density at radius 1 is 1.29 bits per heavy atom. The normalized spacial score (nSPS) is 11.5. The lowest BCUT2D eigenvalue weighted by Crippen LogP contribution is -1.83. The molecule has 0 fully saturated rings. The van der Waals surface area contributed by atoms with Crippen LogP contribution in [0.5, 0.6) is 0 Å². The lowest BCUT2D eigenvalue weighted by molar-refractivity contribution is 0.857. The smallest absolute Gasteiger partial charge is 0.179 e. The summed E-state index contributed by atoms with van der Waals surface area (Å²) in [6, 6.07) is 6.06. The summed E-state index contributed by atoms with van der Waals surface area (Å²) in [6.45, 7) is 4.30. The minimum absolute atomic E-state index is 0.461. The Balaban J connectivity index is 2.13. The van der Waals surface area contributed by atoms with Crippen molar-refractivity contribution in [2.75, 3.05) is 0 Å². The molecule has 0 aliphatic carbocycles. The number of aromatic nitrogens is 5. The number of nitrogens with one attached hydrogen (secondary N) is 1. The third-order valence-electron chi connectivity index (χ3n) is 2.52. The van der Waals surface area contributed by atoms with Gasteiger partial charge in [-0.1, -0.05) is 13.8 Å². The molecule has 0 amide bonds. The summed E-state index contributed by atoms with van der Waals surface area (Å²) in [4.78, 5) is 4.59. The number of rotatable bonds is 2. The molecule has 0 atom stereocenters. The van der Waals surface area contributed by atoms with Crippen LogP contribution in [0.15, 0.2) is 18.2 Å². The first-order chi connectivity index (χ1) is 8.24. The highest BCUT2D eigenvalue weighted by molar-refractivity contribution is 7.18. The van der Waals surface area contributed by atoms with Gasteiger partial charge in [0.15, 0.2) is 5.82 Å². The molecule has 3 rings (SSSR count). The molecule has 0 saturated carbocycles. The largest absolute Gasteiger partial charge is 0.241 e. The summed E-state index contributed by atoms with van der Waals surface area (Å²) in [6.07, 6.45) is 0. The average Bonchev–Trinajstić information content (AvgIpc) is 2.97. The Morgan fingerprint density at radius 3 is 2.88 bits per heavy atom. The molecule has 0 unspecified atom stereocenters. The van der Waals surface area contributed by atoms with E-state index in [2.05, 4.69) is 45.5 Å². The first-order valence-electron chi connectivity index (χ1n) is 5.38. The predicted molar refractivity (Wildman–Crippen MR) is 66.9 cm³/mol. The molecule has 17 heavy (non-hydrogen) atoms. The molecule has 0 radical (unpaired) electrons. The van der Waals surface area contributed by atoms with Crippen LogP contribution in [0.3, 0.4) is 0 Å². The summed E-state index contributed by atoms with van der Waals surface area (Å²) in [5.41, 5.74) is 2.02. The van der Waals surface area contributed by atoms with Crippen molar-refractivity contribution < 1.29 is 0 Å². The van der Waals surface area contributed by atoms with Gasteiger partial charge in [0.2, 0.25) is 0 Å². The summed E-state index contributed by atoms with van der Waals surface area (Å²) in [7, 11) is 0. The van der Waals surface area contributed by atoms with Crippen molar-refractivity contribution in [2.45, 2.75) is 19.8 Å². The van der Waals surface area contributed by atoms with Crippen molar-refractivity contribution in [3.8, 4) is 11.4 Å². The summed E-state index contributed by atoms with van der Waals surface area (Å²) in [5, 5.41) is 15.0.